The van der Waals surface area contributed by atoms with Crippen molar-refractivity contribution in [2.45, 2.75) is 13.0 Å². The van der Waals surface area contributed by atoms with Crippen molar-refractivity contribution >= 4 is 40.7 Å². The van der Waals surface area contributed by atoms with Crippen LogP contribution in [-0.2, 0) is 9.59 Å². The van der Waals surface area contributed by atoms with Crippen LogP contribution in [0.25, 0.3) is 0 Å². The molecule has 0 spiro atoms. The number of hydrogen-bond acceptors (Lipinski definition) is 7. The number of nitrogens with zero attached hydrogens (tertiary/aromatic N) is 3. The van der Waals surface area contributed by atoms with E-state index in [0.717, 1.165) is 11.0 Å². The van der Waals surface area contributed by atoms with Crippen LogP contribution < -0.4 is 19.7 Å². The summed E-state index contributed by atoms with van der Waals surface area (Å²) in [4.78, 5) is 40.4. The van der Waals surface area contributed by atoms with Crippen LogP contribution in [0, 0.1) is 10.1 Å². The molecular formula is C17H15ClN4O6. The summed E-state index contributed by atoms with van der Waals surface area (Å²) >= 11 is 5.96. The first-order valence-corrected chi connectivity index (χ1v) is 8.44. The van der Waals surface area contributed by atoms with E-state index in [-0.39, 0.29) is 18.2 Å². The number of nitro groups is 1. The van der Waals surface area contributed by atoms with Gasteiger partial charge < -0.3 is 24.9 Å². The number of anilines is 2. The van der Waals surface area contributed by atoms with Gasteiger partial charge in [-0.3, -0.25) is 14.5 Å². The Hall–Kier alpha value is -3.40. The van der Waals surface area contributed by atoms with Gasteiger partial charge in [0.25, 0.3) is 11.7 Å². The smallest absolute Gasteiger partial charge is 0.366 e. The van der Waals surface area contributed by atoms with Crippen LogP contribution in [0.4, 0.5) is 17.3 Å². The molecule has 11 heteroatoms. The Kier molecular flexibility index (Phi) is 5.32. The maximum atomic E-state index is 12.8. The lowest BCUT2D eigenvalue weighted by molar-refractivity contribution is -0.389. The Morgan fingerprint density at radius 1 is 1.43 bits per heavy atom. The second-order valence-electron chi connectivity index (χ2n) is 5.81. The number of ether oxygens (including phenoxy) is 2. The summed E-state index contributed by atoms with van der Waals surface area (Å²) in [6.07, 6.45) is 0. The summed E-state index contributed by atoms with van der Waals surface area (Å²) < 4.78 is 10.4. The van der Waals surface area contributed by atoms with Gasteiger partial charge in [0.2, 0.25) is 5.91 Å². The van der Waals surface area contributed by atoms with Crippen LogP contribution in [0.15, 0.2) is 30.3 Å². The Balaban J connectivity index is 1.92. The van der Waals surface area contributed by atoms with E-state index < -0.39 is 28.6 Å². The third-order valence-electron chi connectivity index (χ3n) is 4.05. The predicted molar refractivity (Wildman–Crippen MR) is 100.0 cm³/mol. The molecule has 0 fully saturated rings. The fourth-order valence-corrected chi connectivity index (χ4v) is 2.84. The minimum Gasteiger partial charge on any atom is -0.495 e. The molecule has 1 atom stereocenters. The lowest BCUT2D eigenvalue weighted by Crippen LogP contribution is -2.50. The first kappa shape index (κ1) is 19.4. The van der Waals surface area contributed by atoms with Gasteiger partial charge in [-0.05, 0) is 41.1 Å². The highest BCUT2D eigenvalue weighted by molar-refractivity contribution is 6.31. The zero-order valence-electron chi connectivity index (χ0n) is 14.8. The second kappa shape index (κ2) is 7.69. The van der Waals surface area contributed by atoms with E-state index in [1.54, 1.807) is 12.1 Å². The second-order valence-corrected chi connectivity index (χ2v) is 6.25. The zero-order valence-corrected chi connectivity index (χ0v) is 15.6. The standard InChI is InChI=1S/C17H15ClN4O6/c1-9(17(24)19-11-7-10(18)3-4-12(11)27-2)21-15(23)8-28-13-5-6-14(22(25)26)20-16(13)21/h3-7,9H,8H2,1-2H3,(H,19,24). The maximum absolute atomic E-state index is 12.8. The molecule has 1 N–H and O–H groups in total. The normalized spacial score (nSPS) is 14.0. The van der Waals surface area contributed by atoms with Gasteiger partial charge in [0, 0.05) is 11.1 Å². The summed E-state index contributed by atoms with van der Waals surface area (Å²) in [5.41, 5.74) is 0.319. The molecule has 10 nitrogen and oxygen atoms in total. The van der Waals surface area contributed by atoms with Crippen molar-refractivity contribution in [3.63, 3.8) is 0 Å². The molecule has 28 heavy (non-hydrogen) atoms. The summed E-state index contributed by atoms with van der Waals surface area (Å²) in [6.45, 7) is 1.16. The fourth-order valence-electron chi connectivity index (χ4n) is 2.67. The van der Waals surface area contributed by atoms with Gasteiger partial charge in [-0.1, -0.05) is 11.6 Å². The number of carbonyl (C=O) groups excluding carboxylic acids is 2. The summed E-state index contributed by atoms with van der Waals surface area (Å²) in [6, 6.07) is 6.16. The van der Waals surface area contributed by atoms with Crippen molar-refractivity contribution in [3.05, 3.63) is 45.5 Å². The third kappa shape index (κ3) is 3.67. The number of aromatic nitrogens is 1. The largest absolute Gasteiger partial charge is 0.495 e. The number of carbonyl (C=O) groups is 2. The molecule has 0 aliphatic carbocycles. The molecule has 2 amide bonds. The number of hydrogen-bond donors (Lipinski definition) is 1. The number of rotatable bonds is 5. The van der Waals surface area contributed by atoms with Crippen molar-refractivity contribution in [1.82, 2.24) is 4.98 Å². The van der Waals surface area contributed by atoms with E-state index in [1.807, 2.05) is 0 Å². The minimum absolute atomic E-state index is 0.0915. The molecule has 1 aromatic carbocycles. The highest BCUT2D eigenvalue weighted by Gasteiger charge is 2.38. The summed E-state index contributed by atoms with van der Waals surface area (Å²) in [5.74, 6) is -1.12. The molecule has 3 rings (SSSR count). The van der Waals surface area contributed by atoms with Crippen molar-refractivity contribution in [1.29, 1.82) is 0 Å². The Labute approximate surface area is 164 Å². The molecule has 2 heterocycles. The highest BCUT2D eigenvalue weighted by Crippen LogP contribution is 2.34. The van der Waals surface area contributed by atoms with Gasteiger partial charge >= 0.3 is 5.82 Å². The molecule has 0 radical (unpaired) electrons. The van der Waals surface area contributed by atoms with Gasteiger partial charge in [0.1, 0.15) is 11.8 Å². The van der Waals surface area contributed by atoms with Crippen molar-refractivity contribution in [3.8, 4) is 11.5 Å². The first-order valence-electron chi connectivity index (χ1n) is 8.06. The van der Waals surface area contributed by atoms with Crippen LogP contribution in [0.2, 0.25) is 5.02 Å². The van der Waals surface area contributed by atoms with E-state index in [4.69, 9.17) is 21.1 Å². The molecule has 1 aromatic heterocycles. The SMILES string of the molecule is COc1ccc(Cl)cc1NC(=O)C(C)N1C(=O)COc2ccc([N+](=O)[O-])nc21. The van der Waals surface area contributed by atoms with Crippen LogP contribution in [0.5, 0.6) is 11.5 Å². The van der Waals surface area contributed by atoms with Crippen LogP contribution in [0.3, 0.4) is 0 Å². The van der Waals surface area contributed by atoms with Crippen molar-refractivity contribution in [2.24, 2.45) is 0 Å². The number of nitrogens with one attached hydrogen (secondary N) is 1. The monoisotopic (exact) mass is 406 g/mol. The number of pyridine rings is 1. The molecule has 146 valence electrons. The molecule has 1 aliphatic rings. The topological polar surface area (TPSA) is 124 Å². The molecule has 0 saturated heterocycles. The molecule has 1 aliphatic heterocycles. The molecule has 2 aromatic rings. The number of methoxy groups -OCH3 is 1. The van der Waals surface area contributed by atoms with Crippen LogP contribution in [0.1, 0.15) is 6.92 Å². The van der Waals surface area contributed by atoms with Crippen molar-refractivity contribution < 1.29 is 24.0 Å². The van der Waals surface area contributed by atoms with Gasteiger partial charge in [-0.2, -0.15) is 0 Å². The molecule has 1 unspecified atom stereocenters. The number of benzene rings is 1. The summed E-state index contributed by atoms with van der Waals surface area (Å²) in [5, 5.41) is 14.0. The molecule has 0 bridgehead atoms. The zero-order chi connectivity index (χ0) is 20.4. The Morgan fingerprint density at radius 2 is 2.18 bits per heavy atom. The number of fused-ring (bicyclic) bond motifs is 1. The molecule has 0 saturated carbocycles. The maximum Gasteiger partial charge on any atom is 0.366 e. The number of halogens is 1. The van der Waals surface area contributed by atoms with Crippen molar-refractivity contribution in [2.75, 3.05) is 23.9 Å². The average molecular weight is 407 g/mol. The van der Waals surface area contributed by atoms with E-state index in [2.05, 4.69) is 10.3 Å². The van der Waals surface area contributed by atoms with E-state index >= 15 is 0 Å². The Bertz CT molecular complexity index is 967. The lowest BCUT2D eigenvalue weighted by Gasteiger charge is -2.29. The van der Waals surface area contributed by atoms with Crippen LogP contribution >= 0.6 is 11.6 Å². The fraction of sp³-hybridized carbons (Fsp3) is 0.235. The van der Waals surface area contributed by atoms with Gasteiger partial charge in [0.05, 0.1) is 12.8 Å². The Morgan fingerprint density at radius 3 is 2.86 bits per heavy atom. The average Bonchev–Trinajstić information content (AvgIpc) is 2.67. The predicted octanol–water partition coefficient (Wildman–Crippen LogP) is 2.40. The highest BCUT2D eigenvalue weighted by atomic mass is 35.5. The van der Waals surface area contributed by atoms with E-state index in [1.165, 1.54) is 26.2 Å². The van der Waals surface area contributed by atoms with Gasteiger partial charge in [0.15, 0.2) is 12.4 Å². The quantitative estimate of drug-likeness (QED) is 0.597. The lowest BCUT2D eigenvalue weighted by atomic mass is 10.2. The number of amides is 2. The minimum atomic E-state index is -1.03. The molecular weight excluding hydrogens is 392 g/mol. The van der Waals surface area contributed by atoms with E-state index in [0.29, 0.717) is 16.5 Å². The van der Waals surface area contributed by atoms with Gasteiger partial charge in [-0.25, -0.2) is 0 Å². The van der Waals surface area contributed by atoms with Crippen LogP contribution in [-0.4, -0.2) is 41.5 Å². The summed E-state index contributed by atoms with van der Waals surface area (Å²) in [7, 11) is 1.44. The first-order chi connectivity index (χ1) is 13.3. The van der Waals surface area contributed by atoms with E-state index in [9.17, 15) is 19.7 Å². The third-order valence-corrected chi connectivity index (χ3v) is 4.28. The van der Waals surface area contributed by atoms with Gasteiger partial charge in [-0.15, -0.1) is 0 Å².